The van der Waals surface area contributed by atoms with Crippen molar-refractivity contribution in [3.63, 3.8) is 0 Å². The third-order valence-electron chi connectivity index (χ3n) is 4.45. The number of rotatable bonds is 2. The molecule has 4 rings (SSSR count). The van der Waals surface area contributed by atoms with E-state index in [0.29, 0.717) is 6.54 Å². The van der Waals surface area contributed by atoms with Gasteiger partial charge in [-0.05, 0) is 30.2 Å². The lowest BCUT2D eigenvalue weighted by molar-refractivity contribution is 0.0973. The zero-order chi connectivity index (χ0) is 17.4. The van der Waals surface area contributed by atoms with E-state index >= 15 is 0 Å². The highest BCUT2D eigenvalue weighted by atomic mass is 16.2. The molecule has 1 aliphatic heterocycles. The Balaban J connectivity index is 1.75. The Morgan fingerprint density at radius 2 is 2.00 bits per heavy atom. The van der Waals surface area contributed by atoms with Crippen LogP contribution in [0.4, 0.5) is 5.69 Å². The molecule has 0 fully saturated rings. The first kappa shape index (κ1) is 15.3. The molecule has 0 bridgehead atoms. The summed E-state index contributed by atoms with van der Waals surface area (Å²) in [4.78, 5) is 26.3. The lowest BCUT2D eigenvalue weighted by atomic mass is 9.97. The second kappa shape index (κ2) is 6.01. The van der Waals surface area contributed by atoms with Crippen LogP contribution in [0, 0.1) is 0 Å². The van der Waals surface area contributed by atoms with E-state index in [1.807, 2.05) is 41.2 Å². The van der Waals surface area contributed by atoms with Crippen LogP contribution in [-0.4, -0.2) is 32.0 Å². The molecule has 1 atom stereocenters. The highest BCUT2D eigenvalue weighted by molar-refractivity contribution is 6.05. The SMILES string of the molecule is Cn1nc(C(=O)N2C[C@@H](n3cccn3)Cc3ccccc32)ccc1=O. The minimum Gasteiger partial charge on any atom is -0.305 e. The molecule has 7 heteroatoms. The van der Waals surface area contributed by atoms with Gasteiger partial charge in [-0.15, -0.1) is 0 Å². The van der Waals surface area contributed by atoms with Gasteiger partial charge in [0.2, 0.25) is 0 Å². The Kier molecular flexibility index (Phi) is 3.68. The minimum absolute atomic E-state index is 0.0568. The van der Waals surface area contributed by atoms with Crippen LogP contribution in [0.15, 0.2) is 59.7 Å². The summed E-state index contributed by atoms with van der Waals surface area (Å²) in [7, 11) is 1.54. The Bertz CT molecular complexity index is 977. The topological polar surface area (TPSA) is 73.0 Å². The number of carbonyl (C=O) groups is 1. The maximum atomic E-state index is 13.1. The largest absolute Gasteiger partial charge is 0.305 e. The third kappa shape index (κ3) is 2.73. The monoisotopic (exact) mass is 335 g/mol. The van der Waals surface area contributed by atoms with E-state index in [4.69, 9.17) is 0 Å². The Morgan fingerprint density at radius 3 is 2.76 bits per heavy atom. The number of amides is 1. The van der Waals surface area contributed by atoms with Gasteiger partial charge in [-0.2, -0.15) is 10.2 Å². The second-order valence-electron chi connectivity index (χ2n) is 6.07. The lowest BCUT2D eigenvalue weighted by Crippen LogP contribution is -2.42. The molecule has 25 heavy (non-hydrogen) atoms. The van der Waals surface area contributed by atoms with Crippen LogP contribution in [0.5, 0.6) is 0 Å². The number of fused-ring (bicyclic) bond motifs is 1. The van der Waals surface area contributed by atoms with E-state index in [9.17, 15) is 9.59 Å². The van der Waals surface area contributed by atoms with Crippen LogP contribution in [-0.2, 0) is 13.5 Å². The zero-order valence-corrected chi connectivity index (χ0v) is 13.7. The molecule has 126 valence electrons. The first-order valence-corrected chi connectivity index (χ1v) is 8.07. The summed E-state index contributed by atoms with van der Waals surface area (Å²) in [5.74, 6) is -0.222. The number of nitrogens with zero attached hydrogens (tertiary/aromatic N) is 5. The summed E-state index contributed by atoms with van der Waals surface area (Å²) < 4.78 is 3.05. The van der Waals surface area contributed by atoms with Gasteiger partial charge in [-0.1, -0.05) is 18.2 Å². The van der Waals surface area contributed by atoms with Crippen LogP contribution in [0.1, 0.15) is 22.1 Å². The molecule has 3 heterocycles. The van der Waals surface area contributed by atoms with Gasteiger partial charge >= 0.3 is 0 Å². The number of para-hydroxylation sites is 1. The van der Waals surface area contributed by atoms with Crippen LogP contribution < -0.4 is 10.5 Å². The molecule has 1 aliphatic rings. The first-order chi connectivity index (χ1) is 12.1. The van der Waals surface area contributed by atoms with E-state index in [0.717, 1.165) is 17.7 Å². The van der Waals surface area contributed by atoms with Crippen LogP contribution in [0.2, 0.25) is 0 Å². The Morgan fingerprint density at radius 1 is 1.16 bits per heavy atom. The van der Waals surface area contributed by atoms with Gasteiger partial charge in [0.1, 0.15) is 5.69 Å². The van der Waals surface area contributed by atoms with Gasteiger partial charge in [0.05, 0.1) is 6.04 Å². The van der Waals surface area contributed by atoms with Crippen molar-refractivity contribution < 1.29 is 4.79 Å². The summed E-state index contributed by atoms with van der Waals surface area (Å²) in [5.41, 5.74) is 1.97. The molecule has 1 aromatic carbocycles. The molecular weight excluding hydrogens is 318 g/mol. The van der Waals surface area contributed by atoms with E-state index in [1.54, 1.807) is 11.1 Å². The maximum Gasteiger partial charge on any atom is 0.278 e. The van der Waals surface area contributed by atoms with E-state index < -0.39 is 0 Å². The molecule has 3 aromatic rings. The van der Waals surface area contributed by atoms with Gasteiger partial charge in [-0.3, -0.25) is 14.3 Å². The maximum absolute atomic E-state index is 13.1. The molecule has 7 nitrogen and oxygen atoms in total. The van der Waals surface area contributed by atoms with Crippen molar-refractivity contribution in [2.24, 2.45) is 7.05 Å². The second-order valence-corrected chi connectivity index (χ2v) is 6.07. The van der Waals surface area contributed by atoms with Crippen LogP contribution >= 0.6 is 0 Å². The smallest absolute Gasteiger partial charge is 0.278 e. The lowest BCUT2D eigenvalue weighted by Gasteiger charge is -2.34. The normalized spacial score (nSPS) is 16.5. The number of carbonyl (C=O) groups excluding carboxylic acids is 1. The van der Waals surface area contributed by atoms with Gasteiger partial charge in [0, 0.05) is 37.7 Å². The fourth-order valence-electron chi connectivity index (χ4n) is 3.20. The molecule has 0 spiro atoms. The van der Waals surface area contributed by atoms with Crippen molar-refractivity contribution in [3.05, 3.63) is 76.5 Å². The predicted octanol–water partition coefficient (Wildman–Crippen LogP) is 1.42. The van der Waals surface area contributed by atoms with Crippen molar-refractivity contribution in [1.82, 2.24) is 19.6 Å². The van der Waals surface area contributed by atoms with Crippen molar-refractivity contribution in [1.29, 1.82) is 0 Å². The minimum atomic E-state index is -0.245. The number of benzene rings is 1. The number of hydrogen-bond acceptors (Lipinski definition) is 4. The predicted molar refractivity (Wildman–Crippen MR) is 92.6 cm³/mol. The summed E-state index contributed by atoms with van der Waals surface area (Å²) in [5, 5.41) is 8.42. The van der Waals surface area contributed by atoms with Crippen molar-refractivity contribution in [2.75, 3.05) is 11.4 Å². The van der Waals surface area contributed by atoms with E-state index in [1.165, 1.54) is 23.9 Å². The van der Waals surface area contributed by atoms with Gasteiger partial charge in [0.15, 0.2) is 0 Å². The summed E-state index contributed by atoms with van der Waals surface area (Å²) in [6.07, 6.45) is 4.45. The summed E-state index contributed by atoms with van der Waals surface area (Å²) in [6.45, 7) is 0.502. The van der Waals surface area contributed by atoms with E-state index in [-0.39, 0.29) is 23.2 Å². The average Bonchev–Trinajstić information content (AvgIpc) is 3.17. The average molecular weight is 335 g/mol. The Labute approximate surface area is 144 Å². The molecule has 0 aliphatic carbocycles. The quantitative estimate of drug-likeness (QED) is 0.710. The van der Waals surface area contributed by atoms with Crippen molar-refractivity contribution in [3.8, 4) is 0 Å². The van der Waals surface area contributed by atoms with Gasteiger partial charge in [-0.25, -0.2) is 4.68 Å². The highest BCUT2D eigenvalue weighted by Gasteiger charge is 2.30. The number of aryl methyl sites for hydroxylation is 1. The van der Waals surface area contributed by atoms with Gasteiger partial charge in [0.25, 0.3) is 11.5 Å². The standard InChI is InChI=1S/C18H17N5O2/c1-21-17(24)8-7-15(20-21)18(25)22-12-14(23-10-4-9-19-23)11-13-5-2-3-6-16(13)22/h2-10,14H,11-12H2,1H3/t14-/m0/s1. The number of aromatic nitrogens is 4. The van der Waals surface area contributed by atoms with Gasteiger partial charge < -0.3 is 4.90 Å². The molecular formula is C18H17N5O2. The van der Waals surface area contributed by atoms with E-state index in [2.05, 4.69) is 10.2 Å². The highest BCUT2D eigenvalue weighted by Crippen LogP contribution is 2.32. The fraction of sp³-hybridized carbons (Fsp3) is 0.222. The summed E-state index contributed by atoms with van der Waals surface area (Å²) >= 11 is 0. The molecule has 0 saturated carbocycles. The molecule has 0 unspecified atom stereocenters. The molecule has 0 radical (unpaired) electrons. The number of hydrogen-bond donors (Lipinski definition) is 0. The van der Waals surface area contributed by atoms with Crippen LogP contribution in [0.25, 0.3) is 0 Å². The van der Waals surface area contributed by atoms with Crippen molar-refractivity contribution in [2.45, 2.75) is 12.5 Å². The molecule has 1 amide bonds. The van der Waals surface area contributed by atoms with Crippen LogP contribution in [0.3, 0.4) is 0 Å². The van der Waals surface area contributed by atoms with Crippen molar-refractivity contribution >= 4 is 11.6 Å². The summed E-state index contributed by atoms with van der Waals surface area (Å²) in [6, 6.07) is 12.6. The molecule has 2 aromatic heterocycles. The fourth-order valence-corrected chi connectivity index (χ4v) is 3.20. The number of anilines is 1. The zero-order valence-electron chi connectivity index (χ0n) is 13.7. The Hall–Kier alpha value is -3.22. The molecule has 0 saturated heterocycles. The molecule has 0 N–H and O–H groups in total. The first-order valence-electron chi connectivity index (χ1n) is 8.07. The third-order valence-corrected chi connectivity index (χ3v) is 4.45.